The zero-order valence-electron chi connectivity index (χ0n) is 13.5. The SMILES string of the molecule is Cn1ncc(NCCCC(=O)N2CCc3ccccc32)c(Br)c1=O. The number of nitrogens with one attached hydrogen (secondary N) is 1. The topological polar surface area (TPSA) is 67.2 Å². The molecule has 1 aliphatic rings. The van der Waals surface area contributed by atoms with E-state index in [-0.39, 0.29) is 11.5 Å². The van der Waals surface area contributed by atoms with Crippen LogP contribution in [0, 0.1) is 0 Å². The molecule has 1 aromatic heterocycles. The van der Waals surface area contributed by atoms with Gasteiger partial charge in [-0.2, -0.15) is 5.10 Å². The molecule has 0 atom stereocenters. The van der Waals surface area contributed by atoms with Gasteiger partial charge in [0.05, 0.1) is 11.9 Å². The Balaban J connectivity index is 1.52. The van der Waals surface area contributed by atoms with Crippen molar-refractivity contribution in [1.82, 2.24) is 9.78 Å². The van der Waals surface area contributed by atoms with Gasteiger partial charge in [-0.3, -0.25) is 9.59 Å². The minimum absolute atomic E-state index is 0.142. The van der Waals surface area contributed by atoms with E-state index >= 15 is 0 Å². The molecule has 7 heteroatoms. The van der Waals surface area contributed by atoms with E-state index in [4.69, 9.17) is 0 Å². The third kappa shape index (κ3) is 3.36. The molecule has 24 heavy (non-hydrogen) atoms. The summed E-state index contributed by atoms with van der Waals surface area (Å²) in [5.41, 5.74) is 2.73. The second-order valence-corrected chi connectivity index (χ2v) is 6.55. The number of fused-ring (bicyclic) bond motifs is 1. The number of para-hydroxylation sites is 1. The number of carbonyl (C=O) groups excluding carboxylic acids is 1. The summed E-state index contributed by atoms with van der Waals surface area (Å²) in [7, 11) is 1.60. The molecular weight excluding hydrogens is 372 g/mol. The lowest BCUT2D eigenvalue weighted by Crippen LogP contribution is -2.29. The molecule has 1 aromatic carbocycles. The van der Waals surface area contributed by atoms with Crippen LogP contribution in [0.3, 0.4) is 0 Å². The maximum Gasteiger partial charge on any atom is 0.282 e. The van der Waals surface area contributed by atoms with Crippen LogP contribution in [0.1, 0.15) is 18.4 Å². The van der Waals surface area contributed by atoms with E-state index < -0.39 is 0 Å². The molecule has 6 nitrogen and oxygen atoms in total. The molecule has 0 bridgehead atoms. The summed E-state index contributed by atoms with van der Waals surface area (Å²) >= 11 is 3.27. The third-order valence-electron chi connectivity index (χ3n) is 4.15. The number of nitrogens with zero attached hydrogens (tertiary/aromatic N) is 3. The molecule has 2 heterocycles. The molecule has 126 valence electrons. The molecule has 1 aliphatic heterocycles. The van der Waals surface area contributed by atoms with Crippen molar-refractivity contribution in [1.29, 1.82) is 0 Å². The first-order chi connectivity index (χ1) is 11.6. The average molecular weight is 391 g/mol. The third-order valence-corrected chi connectivity index (χ3v) is 4.92. The smallest absolute Gasteiger partial charge is 0.282 e. The Morgan fingerprint density at radius 2 is 2.17 bits per heavy atom. The summed E-state index contributed by atoms with van der Waals surface area (Å²) in [6, 6.07) is 8.05. The van der Waals surface area contributed by atoms with Crippen molar-refractivity contribution in [2.75, 3.05) is 23.3 Å². The van der Waals surface area contributed by atoms with E-state index in [1.165, 1.54) is 10.2 Å². The largest absolute Gasteiger partial charge is 0.383 e. The molecule has 0 saturated heterocycles. The van der Waals surface area contributed by atoms with Crippen LogP contribution in [0.15, 0.2) is 39.7 Å². The quantitative estimate of drug-likeness (QED) is 0.795. The van der Waals surface area contributed by atoms with Gasteiger partial charge >= 0.3 is 0 Å². The zero-order chi connectivity index (χ0) is 17.1. The number of hydrogen-bond donors (Lipinski definition) is 1. The monoisotopic (exact) mass is 390 g/mol. The molecule has 0 fully saturated rings. The van der Waals surface area contributed by atoms with Gasteiger partial charge in [0, 0.05) is 32.2 Å². The van der Waals surface area contributed by atoms with Gasteiger partial charge in [0.2, 0.25) is 5.91 Å². The minimum Gasteiger partial charge on any atom is -0.383 e. The lowest BCUT2D eigenvalue weighted by molar-refractivity contribution is -0.118. The van der Waals surface area contributed by atoms with E-state index in [9.17, 15) is 9.59 Å². The predicted octanol–water partition coefficient (Wildman–Crippen LogP) is 2.32. The van der Waals surface area contributed by atoms with Crippen molar-refractivity contribution >= 4 is 33.2 Å². The maximum atomic E-state index is 12.4. The van der Waals surface area contributed by atoms with Gasteiger partial charge < -0.3 is 10.2 Å². The number of aryl methyl sites for hydroxylation is 1. The van der Waals surface area contributed by atoms with Crippen LogP contribution in [-0.2, 0) is 18.3 Å². The van der Waals surface area contributed by atoms with Crippen molar-refractivity contribution in [3.8, 4) is 0 Å². The van der Waals surface area contributed by atoms with Crippen LogP contribution in [-0.4, -0.2) is 28.8 Å². The first-order valence-corrected chi connectivity index (χ1v) is 8.71. The van der Waals surface area contributed by atoms with Crippen LogP contribution < -0.4 is 15.8 Å². The van der Waals surface area contributed by atoms with Gasteiger partial charge in [0.15, 0.2) is 0 Å². The number of anilines is 2. The van der Waals surface area contributed by atoms with Crippen molar-refractivity contribution in [3.63, 3.8) is 0 Å². The molecule has 0 saturated carbocycles. The van der Waals surface area contributed by atoms with Crippen molar-refractivity contribution in [2.45, 2.75) is 19.3 Å². The van der Waals surface area contributed by atoms with Gasteiger partial charge in [-0.05, 0) is 40.4 Å². The second-order valence-electron chi connectivity index (χ2n) is 5.76. The van der Waals surface area contributed by atoms with E-state index in [0.717, 1.165) is 18.7 Å². The average Bonchev–Trinajstić information content (AvgIpc) is 3.02. The van der Waals surface area contributed by atoms with Gasteiger partial charge in [-0.1, -0.05) is 18.2 Å². The number of halogens is 1. The molecule has 1 amide bonds. The molecule has 1 N–H and O–H groups in total. The molecule has 0 unspecified atom stereocenters. The van der Waals surface area contributed by atoms with Crippen molar-refractivity contribution < 1.29 is 4.79 Å². The van der Waals surface area contributed by atoms with Crippen LogP contribution in [0.25, 0.3) is 0 Å². The molecule has 0 radical (unpaired) electrons. The standard InChI is InChI=1S/C17H19BrN4O2/c1-21-17(24)16(18)13(11-20-21)19-9-4-7-15(23)22-10-8-12-5-2-3-6-14(12)22/h2-3,5-6,11,19H,4,7-10H2,1H3. The van der Waals surface area contributed by atoms with Gasteiger partial charge in [0.25, 0.3) is 5.56 Å². The summed E-state index contributed by atoms with van der Waals surface area (Å²) in [5, 5.41) is 7.13. The second kappa shape index (κ2) is 7.17. The molecule has 3 rings (SSSR count). The van der Waals surface area contributed by atoms with Gasteiger partial charge in [-0.15, -0.1) is 0 Å². The Kier molecular flexibility index (Phi) is 4.99. The fraction of sp³-hybridized carbons (Fsp3) is 0.353. The lowest BCUT2D eigenvalue weighted by atomic mass is 10.2. The predicted molar refractivity (Wildman–Crippen MR) is 97.4 cm³/mol. The van der Waals surface area contributed by atoms with E-state index in [1.54, 1.807) is 13.2 Å². The highest BCUT2D eigenvalue weighted by atomic mass is 79.9. The fourth-order valence-corrected chi connectivity index (χ4v) is 3.33. The molecule has 0 aliphatic carbocycles. The molecule has 0 spiro atoms. The lowest BCUT2D eigenvalue weighted by Gasteiger charge is -2.17. The molecular formula is C17H19BrN4O2. The van der Waals surface area contributed by atoms with Crippen LogP contribution in [0.5, 0.6) is 0 Å². The fourth-order valence-electron chi connectivity index (χ4n) is 2.83. The number of rotatable bonds is 5. The van der Waals surface area contributed by atoms with Crippen molar-refractivity contribution in [2.24, 2.45) is 7.05 Å². The summed E-state index contributed by atoms with van der Waals surface area (Å²) in [6.07, 6.45) is 3.69. The van der Waals surface area contributed by atoms with Crippen LogP contribution in [0.2, 0.25) is 0 Å². The first kappa shape index (κ1) is 16.7. The van der Waals surface area contributed by atoms with E-state index in [0.29, 0.717) is 29.5 Å². The van der Waals surface area contributed by atoms with Crippen LogP contribution >= 0.6 is 15.9 Å². The zero-order valence-corrected chi connectivity index (χ0v) is 15.0. The first-order valence-electron chi connectivity index (χ1n) is 7.92. The highest BCUT2D eigenvalue weighted by Crippen LogP contribution is 2.28. The summed E-state index contributed by atoms with van der Waals surface area (Å²) in [6.45, 7) is 1.37. The van der Waals surface area contributed by atoms with E-state index in [2.05, 4.69) is 32.4 Å². The Bertz CT molecular complexity index is 818. The number of hydrogen-bond acceptors (Lipinski definition) is 4. The van der Waals surface area contributed by atoms with Crippen LogP contribution in [0.4, 0.5) is 11.4 Å². The molecule has 2 aromatic rings. The normalized spacial score (nSPS) is 13.0. The Labute approximate surface area is 148 Å². The summed E-state index contributed by atoms with van der Waals surface area (Å²) < 4.78 is 1.73. The summed E-state index contributed by atoms with van der Waals surface area (Å²) in [5.74, 6) is 0.142. The number of amides is 1. The highest BCUT2D eigenvalue weighted by Gasteiger charge is 2.23. The minimum atomic E-state index is -0.190. The Hall–Kier alpha value is -2.15. The number of benzene rings is 1. The maximum absolute atomic E-state index is 12.4. The van der Waals surface area contributed by atoms with Crippen molar-refractivity contribution in [3.05, 3.63) is 50.9 Å². The van der Waals surface area contributed by atoms with E-state index in [1.807, 2.05) is 23.1 Å². The number of aromatic nitrogens is 2. The van der Waals surface area contributed by atoms with Gasteiger partial charge in [-0.25, -0.2) is 4.68 Å². The van der Waals surface area contributed by atoms with Gasteiger partial charge in [0.1, 0.15) is 4.47 Å². The Morgan fingerprint density at radius 1 is 1.38 bits per heavy atom. The number of carbonyl (C=O) groups is 1. The Morgan fingerprint density at radius 3 is 3.00 bits per heavy atom. The summed E-state index contributed by atoms with van der Waals surface area (Å²) in [4.78, 5) is 26.0. The highest BCUT2D eigenvalue weighted by molar-refractivity contribution is 9.10.